The Morgan fingerprint density at radius 1 is 1.53 bits per heavy atom. The number of hydrogen-bond acceptors (Lipinski definition) is 3. The Kier molecular flexibility index (Phi) is 4.24. The van der Waals surface area contributed by atoms with Crippen molar-refractivity contribution in [2.75, 3.05) is 6.61 Å². The quantitative estimate of drug-likeness (QED) is 0.763. The van der Waals surface area contributed by atoms with Crippen LogP contribution < -0.4 is 5.73 Å². The molecule has 15 heavy (non-hydrogen) atoms. The molecule has 0 fully saturated rings. The number of nitrogens with two attached hydrogens (primary N) is 1. The van der Waals surface area contributed by atoms with Crippen molar-refractivity contribution in [1.29, 1.82) is 0 Å². The van der Waals surface area contributed by atoms with Crippen LogP contribution in [0.1, 0.15) is 12.5 Å². The van der Waals surface area contributed by atoms with Crippen LogP contribution in [0.15, 0.2) is 24.3 Å². The van der Waals surface area contributed by atoms with E-state index in [2.05, 4.69) is 0 Å². The number of carbonyl (C=O) groups excluding carboxylic acids is 1. The van der Waals surface area contributed by atoms with Crippen molar-refractivity contribution in [2.24, 2.45) is 5.73 Å². The molecule has 1 aromatic carbocycles. The predicted molar refractivity (Wildman–Crippen MR) is 54.7 cm³/mol. The van der Waals surface area contributed by atoms with Crippen molar-refractivity contribution in [2.45, 2.75) is 19.4 Å². The fourth-order valence-electron chi connectivity index (χ4n) is 1.23. The van der Waals surface area contributed by atoms with Crippen molar-refractivity contribution in [1.82, 2.24) is 0 Å². The van der Waals surface area contributed by atoms with E-state index in [-0.39, 0.29) is 18.8 Å². The lowest BCUT2D eigenvalue weighted by Gasteiger charge is -2.10. The van der Waals surface area contributed by atoms with Crippen LogP contribution in [0.2, 0.25) is 0 Å². The monoisotopic (exact) mass is 211 g/mol. The van der Waals surface area contributed by atoms with Crippen molar-refractivity contribution in [3.05, 3.63) is 35.6 Å². The molecule has 0 unspecified atom stereocenters. The van der Waals surface area contributed by atoms with Gasteiger partial charge in [-0.1, -0.05) is 18.2 Å². The minimum Gasteiger partial charge on any atom is -0.465 e. The van der Waals surface area contributed by atoms with Gasteiger partial charge in [0.2, 0.25) is 0 Å². The summed E-state index contributed by atoms with van der Waals surface area (Å²) >= 11 is 0. The topological polar surface area (TPSA) is 52.3 Å². The molecule has 0 heterocycles. The molecule has 0 aromatic heterocycles. The highest BCUT2D eigenvalue weighted by Gasteiger charge is 2.16. The summed E-state index contributed by atoms with van der Waals surface area (Å²) in [5.41, 5.74) is 5.99. The summed E-state index contributed by atoms with van der Waals surface area (Å²) < 4.78 is 17.9. The Hall–Kier alpha value is -1.42. The number of rotatable bonds is 4. The Balaban J connectivity index is 2.62. The van der Waals surface area contributed by atoms with Gasteiger partial charge >= 0.3 is 5.97 Å². The third-order valence-electron chi connectivity index (χ3n) is 1.99. The van der Waals surface area contributed by atoms with Crippen molar-refractivity contribution >= 4 is 5.97 Å². The normalized spacial score (nSPS) is 12.2. The van der Waals surface area contributed by atoms with Gasteiger partial charge in [-0.2, -0.15) is 0 Å². The molecule has 1 aromatic rings. The van der Waals surface area contributed by atoms with Crippen LogP contribution in [-0.4, -0.2) is 18.6 Å². The number of ether oxygens (including phenoxy) is 1. The SMILES string of the molecule is CCOC(=O)[C@@H](N)Cc1ccccc1F. The second-order valence-corrected chi connectivity index (χ2v) is 3.15. The maximum atomic E-state index is 13.2. The highest BCUT2D eigenvalue weighted by atomic mass is 19.1. The zero-order chi connectivity index (χ0) is 11.3. The molecule has 0 aliphatic carbocycles. The minimum atomic E-state index is -0.804. The first kappa shape index (κ1) is 11.7. The van der Waals surface area contributed by atoms with Gasteiger partial charge in [0, 0.05) is 6.42 Å². The van der Waals surface area contributed by atoms with Gasteiger partial charge in [-0.15, -0.1) is 0 Å². The van der Waals surface area contributed by atoms with Crippen molar-refractivity contribution < 1.29 is 13.9 Å². The number of carbonyl (C=O) groups is 1. The van der Waals surface area contributed by atoms with Gasteiger partial charge in [0.15, 0.2) is 0 Å². The molecule has 2 N–H and O–H groups in total. The fraction of sp³-hybridized carbons (Fsp3) is 0.364. The maximum Gasteiger partial charge on any atom is 0.323 e. The summed E-state index contributed by atoms with van der Waals surface area (Å²) in [5.74, 6) is -0.849. The lowest BCUT2D eigenvalue weighted by atomic mass is 10.1. The van der Waals surface area contributed by atoms with E-state index in [4.69, 9.17) is 10.5 Å². The van der Waals surface area contributed by atoms with Gasteiger partial charge < -0.3 is 10.5 Å². The van der Waals surface area contributed by atoms with E-state index in [1.165, 1.54) is 6.07 Å². The Morgan fingerprint density at radius 3 is 2.80 bits per heavy atom. The molecular weight excluding hydrogens is 197 g/mol. The molecule has 0 saturated heterocycles. The zero-order valence-electron chi connectivity index (χ0n) is 8.57. The first-order chi connectivity index (χ1) is 7.15. The number of esters is 1. The van der Waals surface area contributed by atoms with Gasteiger partial charge in [-0.25, -0.2) is 4.39 Å². The van der Waals surface area contributed by atoms with Crippen molar-refractivity contribution in [3.8, 4) is 0 Å². The third-order valence-corrected chi connectivity index (χ3v) is 1.99. The molecule has 0 aliphatic heterocycles. The molecule has 0 aliphatic rings. The van der Waals surface area contributed by atoms with Crippen LogP contribution in [0, 0.1) is 5.82 Å². The third kappa shape index (κ3) is 3.32. The summed E-state index contributed by atoms with van der Waals surface area (Å²) in [4.78, 5) is 11.2. The van der Waals surface area contributed by atoms with E-state index in [0.717, 1.165) is 0 Å². The Bertz CT molecular complexity index is 341. The second-order valence-electron chi connectivity index (χ2n) is 3.15. The fourth-order valence-corrected chi connectivity index (χ4v) is 1.23. The van der Waals surface area contributed by atoms with E-state index >= 15 is 0 Å². The summed E-state index contributed by atoms with van der Waals surface area (Å²) in [5, 5.41) is 0. The van der Waals surface area contributed by atoms with Crippen LogP contribution in [0.3, 0.4) is 0 Å². The standard InChI is InChI=1S/C11H14FNO2/c1-2-15-11(14)10(13)7-8-5-3-4-6-9(8)12/h3-6,10H,2,7,13H2,1H3/t10-/m0/s1. The lowest BCUT2D eigenvalue weighted by Crippen LogP contribution is -2.34. The maximum absolute atomic E-state index is 13.2. The summed E-state index contributed by atoms with van der Waals surface area (Å²) in [6.45, 7) is 1.98. The number of hydrogen-bond donors (Lipinski definition) is 1. The summed E-state index contributed by atoms with van der Waals surface area (Å²) in [6.07, 6.45) is 0.158. The lowest BCUT2D eigenvalue weighted by molar-refractivity contribution is -0.144. The summed E-state index contributed by atoms with van der Waals surface area (Å²) in [7, 11) is 0. The van der Waals surface area contributed by atoms with Gasteiger partial charge in [0.25, 0.3) is 0 Å². The van der Waals surface area contributed by atoms with E-state index in [1.807, 2.05) is 0 Å². The predicted octanol–water partition coefficient (Wildman–Crippen LogP) is 1.26. The van der Waals surface area contributed by atoms with Crippen LogP contribution in [0.25, 0.3) is 0 Å². The molecule has 4 heteroatoms. The highest BCUT2D eigenvalue weighted by Crippen LogP contribution is 2.08. The first-order valence-corrected chi connectivity index (χ1v) is 4.80. The summed E-state index contributed by atoms with van der Waals surface area (Å²) in [6, 6.07) is 5.44. The van der Waals surface area contributed by atoms with Crippen LogP contribution in [0.5, 0.6) is 0 Å². The van der Waals surface area contributed by atoms with Gasteiger partial charge in [-0.3, -0.25) is 4.79 Å². The van der Waals surface area contributed by atoms with E-state index in [9.17, 15) is 9.18 Å². The van der Waals surface area contributed by atoms with E-state index in [1.54, 1.807) is 25.1 Å². The molecule has 0 radical (unpaired) electrons. The average molecular weight is 211 g/mol. The van der Waals surface area contributed by atoms with Crippen LogP contribution >= 0.6 is 0 Å². The number of halogens is 1. The molecule has 0 spiro atoms. The van der Waals surface area contributed by atoms with E-state index in [0.29, 0.717) is 5.56 Å². The molecule has 1 rings (SSSR count). The Labute approximate surface area is 88.0 Å². The largest absolute Gasteiger partial charge is 0.465 e. The smallest absolute Gasteiger partial charge is 0.323 e. The van der Waals surface area contributed by atoms with E-state index < -0.39 is 12.0 Å². The second kappa shape index (κ2) is 5.46. The van der Waals surface area contributed by atoms with Gasteiger partial charge in [-0.05, 0) is 18.6 Å². The molecular formula is C11H14FNO2. The highest BCUT2D eigenvalue weighted by molar-refractivity contribution is 5.75. The zero-order valence-corrected chi connectivity index (χ0v) is 8.57. The van der Waals surface area contributed by atoms with Gasteiger partial charge in [0.1, 0.15) is 11.9 Å². The molecule has 0 amide bonds. The average Bonchev–Trinajstić information content (AvgIpc) is 2.21. The van der Waals surface area contributed by atoms with Crippen LogP contribution in [0.4, 0.5) is 4.39 Å². The molecule has 0 saturated carbocycles. The number of benzene rings is 1. The molecule has 1 atom stereocenters. The molecule has 0 bridgehead atoms. The minimum absolute atomic E-state index is 0.158. The van der Waals surface area contributed by atoms with Crippen LogP contribution in [-0.2, 0) is 16.0 Å². The first-order valence-electron chi connectivity index (χ1n) is 4.80. The molecule has 3 nitrogen and oxygen atoms in total. The van der Waals surface area contributed by atoms with Gasteiger partial charge in [0.05, 0.1) is 6.61 Å². The molecule has 82 valence electrons. The Morgan fingerprint density at radius 2 is 2.20 bits per heavy atom. The van der Waals surface area contributed by atoms with Crippen molar-refractivity contribution in [3.63, 3.8) is 0 Å².